The predicted octanol–water partition coefficient (Wildman–Crippen LogP) is 3.40. The Morgan fingerprint density at radius 2 is 1.91 bits per heavy atom. The Kier molecular flexibility index (Phi) is 9.42. The Morgan fingerprint density at radius 3 is 2.56 bits per heavy atom. The van der Waals surface area contributed by atoms with Gasteiger partial charge in [-0.25, -0.2) is 4.99 Å². The van der Waals surface area contributed by atoms with Crippen LogP contribution in [0.2, 0.25) is 0 Å². The number of methoxy groups -OCH3 is 1. The summed E-state index contributed by atoms with van der Waals surface area (Å²) in [7, 11) is 1.68. The maximum Gasteiger partial charge on any atom is 0.194 e. The van der Waals surface area contributed by atoms with Crippen LogP contribution in [-0.2, 0) is 19.5 Å². The van der Waals surface area contributed by atoms with E-state index in [9.17, 15) is 0 Å². The third-order valence-corrected chi connectivity index (χ3v) is 5.35. The molecule has 0 saturated carbocycles. The van der Waals surface area contributed by atoms with Crippen LogP contribution < -0.4 is 10.1 Å². The fourth-order valence-electron chi connectivity index (χ4n) is 3.58. The van der Waals surface area contributed by atoms with Gasteiger partial charge in [0.25, 0.3) is 0 Å². The molecule has 1 aromatic carbocycles. The number of benzene rings is 1. The lowest BCUT2D eigenvalue weighted by Gasteiger charge is -2.36. The molecule has 4 rings (SSSR count). The van der Waals surface area contributed by atoms with Gasteiger partial charge in [0, 0.05) is 51.8 Å². The molecule has 1 N–H and O–H groups in total. The van der Waals surface area contributed by atoms with Gasteiger partial charge in [0.05, 0.1) is 25.6 Å². The molecule has 172 valence electrons. The normalized spacial score (nSPS) is 14.8. The lowest BCUT2D eigenvalue weighted by molar-refractivity contribution is 0.169. The molecule has 9 heteroatoms. The second-order valence-electron chi connectivity index (χ2n) is 7.50. The van der Waals surface area contributed by atoms with E-state index in [-0.39, 0.29) is 24.0 Å². The number of ether oxygens (including phenoxy) is 1. The molecule has 0 spiro atoms. The predicted molar refractivity (Wildman–Crippen MR) is 133 cm³/mol. The number of hydrogen-bond donors (Lipinski definition) is 1. The zero-order chi connectivity index (χ0) is 21.3. The molecule has 1 aliphatic rings. The number of piperazine rings is 1. The van der Waals surface area contributed by atoms with Gasteiger partial charge >= 0.3 is 0 Å². The fraction of sp³-hybridized carbons (Fsp3) is 0.391. The lowest BCUT2D eigenvalue weighted by atomic mass is 10.2. The van der Waals surface area contributed by atoms with Gasteiger partial charge in [-0.15, -0.1) is 24.0 Å². The minimum Gasteiger partial charge on any atom is -0.497 e. The van der Waals surface area contributed by atoms with E-state index in [4.69, 9.17) is 18.7 Å². The zero-order valence-electron chi connectivity index (χ0n) is 18.3. The van der Waals surface area contributed by atoms with E-state index >= 15 is 0 Å². The quantitative estimate of drug-likeness (QED) is 0.261. The van der Waals surface area contributed by atoms with Crippen molar-refractivity contribution in [3.05, 3.63) is 72.0 Å². The molecular weight excluding hydrogens is 521 g/mol. The van der Waals surface area contributed by atoms with Crippen LogP contribution in [-0.4, -0.2) is 60.7 Å². The minimum absolute atomic E-state index is 0. The van der Waals surface area contributed by atoms with Crippen molar-refractivity contribution >= 4 is 29.9 Å². The van der Waals surface area contributed by atoms with Gasteiger partial charge in [0.1, 0.15) is 17.8 Å². The average Bonchev–Trinajstić information content (AvgIpc) is 3.52. The maximum atomic E-state index is 5.45. The summed E-state index contributed by atoms with van der Waals surface area (Å²) in [6.45, 7) is 5.93. The van der Waals surface area contributed by atoms with Gasteiger partial charge in [-0.3, -0.25) is 4.90 Å². The van der Waals surface area contributed by atoms with Gasteiger partial charge in [-0.2, -0.15) is 0 Å². The molecule has 1 fully saturated rings. The van der Waals surface area contributed by atoms with Crippen molar-refractivity contribution < 1.29 is 13.7 Å². The number of aromatic nitrogens is 1. The molecule has 0 radical (unpaired) electrons. The first-order valence-corrected chi connectivity index (χ1v) is 10.6. The number of hydrogen-bond acceptors (Lipinski definition) is 6. The molecule has 32 heavy (non-hydrogen) atoms. The van der Waals surface area contributed by atoms with Crippen molar-refractivity contribution in [1.82, 2.24) is 20.3 Å². The first-order valence-electron chi connectivity index (χ1n) is 10.6. The highest BCUT2D eigenvalue weighted by molar-refractivity contribution is 14.0. The van der Waals surface area contributed by atoms with E-state index in [1.807, 2.05) is 30.3 Å². The van der Waals surface area contributed by atoms with Crippen molar-refractivity contribution in [3.8, 4) is 5.75 Å². The van der Waals surface area contributed by atoms with Crippen molar-refractivity contribution in [2.75, 3.05) is 39.8 Å². The number of halogens is 1. The molecule has 0 aliphatic carbocycles. The van der Waals surface area contributed by atoms with E-state index in [0.717, 1.165) is 74.4 Å². The van der Waals surface area contributed by atoms with Gasteiger partial charge in [0.15, 0.2) is 5.96 Å². The van der Waals surface area contributed by atoms with Crippen LogP contribution in [0.5, 0.6) is 5.75 Å². The third-order valence-electron chi connectivity index (χ3n) is 5.35. The Morgan fingerprint density at radius 1 is 1.09 bits per heavy atom. The highest BCUT2D eigenvalue weighted by Gasteiger charge is 2.20. The van der Waals surface area contributed by atoms with E-state index in [0.29, 0.717) is 6.54 Å². The number of nitrogens with zero attached hydrogens (tertiary/aromatic N) is 4. The SMILES string of the molecule is COc1ccc(CN=C(NCCc2ccco2)N2CCN(Cc3ccon3)CC2)cc1.I. The van der Waals surface area contributed by atoms with Gasteiger partial charge in [0.2, 0.25) is 0 Å². The molecule has 0 bridgehead atoms. The summed E-state index contributed by atoms with van der Waals surface area (Å²) in [4.78, 5) is 9.62. The summed E-state index contributed by atoms with van der Waals surface area (Å²) in [5.74, 6) is 2.76. The van der Waals surface area contributed by atoms with Crippen molar-refractivity contribution in [1.29, 1.82) is 0 Å². The monoisotopic (exact) mass is 551 g/mol. The first kappa shape index (κ1) is 24.1. The van der Waals surface area contributed by atoms with Gasteiger partial charge in [-0.05, 0) is 29.8 Å². The van der Waals surface area contributed by atoms with E-state index in [1.165, 1.54) is 0 Å². The fourth-order valence-corrected chi connectivity index (χ4v) is 3.58. The largest absolute Gasteiger partial charge is 0.497 e. The van der Waals surface area contributed by atoms with E-state index in [1.54, 1.807) is 19.6 Å². The minimum atomic E-state index is 0. The second-order valence-corrected chi connectivity index (χ2v) is 7.50. The molecule has 1 aliphatic heterocycles. The van der Waals surface area contributed by atoms with Crippen molar-refractivity contribution in [2.45, 2.75) is 19.5 Å². The molecule has 8 nitrogen and oxygen atoms in total. The summed E-state index contributed by atoms with van der Waals surface area (Å²) in [6, 6.07) is 13.9. The summed E-state index contributed by atoms with van der Waals surface area (Å²) < 4.78 is 15.6. The molecule has 0 atom stereocenters. The average molecular weight is 551 g/mol. The zero-order valence-corrected chi connectivity index (χ0v) is 20.6. The first-order chi connectivity index (χ1) is 15.3. The Hall–Kier alpha value is -2.53. The van der Waals surface area contributed by atoms with E-state index < -0.39 is 0 Å². The highest BCUT2D eigenvalue weighted by Crippen LogP contribution is 2.13. The number of furan rings is 1. The molecule has 2 aromatic heterocycles. The van der Waals surface area contributed by atoms with Crippen molar-refractivity contribution in [2.24, 2.45) is 4.99 Å². The standard InChI is InChI=1S/C23H29N5O3.HI/c1-29-21-6-4-19(5-7-21)17-25-23(24-10-8-22-3-2-15-30-22)28-13-11-27(12-14-28)18-20-9-16-31-26-20;/h2-7,9,15-16H,8,10-14,17-18H2,1H3,(H,24,25);1H. The Labute approximate surface area is 205 Å². The lowest BCUT2D eigenvalue weighted by Crippen LogP contribution is -2.52. The molecule has 3 heterocycles. The van der Waals surface area contributed by atoms with Crippen LogP contribution in [0.3, 0.4) is 0 Å². The molecule has 0 amide bonds. The van der Waals surface area contributed by atoms with Gasteiger partial charge < -0.3 is 23.9 Å². The Balaban J connectivity index is 0.00000289. The number of aliphatic imine (C=N–C) groups is 1. The van der Waals surface area contributed by atoms with Crippen LogP contribution in [0.1, 0.15) is 17.0 Å². The maximum absolute atomic E-state index is 5.45. The van der Waals surface area contributed by atoms with Crippen LogP contribution in [0.4, 0.5) is 0 Å². The van der Waals surface area contributed by atoms with Gasteiger partial charge in [-0.1, -0.05) is 17.3 Å². The highest BCUT2D eigenvalue weighted by atomic mass is 127. The molecule has 3 aromatic rings. The third kappa shape index (κ3) is 6.99. The number of guanidine groups is 1. The van der Waals surface area contributed by atoms with Crippen LogP contribution in [0.25, 0.3) is 0 Å². The number of rotatable bonds is 8. The van der Waals surface area contributed by atoms with Crippen LogP contribution in [0.15, 0.2) is 68.9 Å². The Bertz CT molecular complexity index is 921. The van der Waals surface area contributed by atoms with Crippen LogP contribution >= 0.6 is 24.0 Å². The second kappa shape index (κ2) is 12.5. The molecular formula is C23H30IN5O3. The smallest absolute Gasteiger partial charge is 0.194 e. The van der Waals surface area contributed by atoms with Crippen LogP contribution in [0, 0.1) is 0 Å². The van der Waals surface area contributed by atoms with Crippen molar-refractivity contribution in [3.63, 3.8) is 0 Å². The number of nitrogens with one attached hydrogen (secondary N) is 1. The molecule has 1 saturated heterocycles. The summed E-state index contributed by atoms with van der Waals surface area (Å²) in [5, 5.41) is 7.55. The molecule has 0 unspecified atom stereocenters. The topological polar surface area (TPSA) is 79.3 Å². The summed E-state index contributed by atoms with van der Waals surface area (Å²) in [6.07, 6.45) is 4.15. The van der Waals surface area contributed by atoms with E-state index in [2.05, 4.69) is 32.4 Å². The summed E-state index contributed by atoms with van der Waals surface area (Å²) >= 11 is 0. The summed E-state index contributed by atoms with van der Waals surface area (Å²) in [5.41, 5.74) is 2.12.